The van der Waals surface area contributed by atoms with Crippen molar-refractivity contribution in [1.82, 2.24) is 6.15 Å². The van der Waals surface area contributed by atoms with Gasteiger partial charge in [0.05, 0.1) is 0 Å². The van der Waals surface area contributed by atoms with Crippen molar-refractivity contribution >= 4 is 0 Å². The average molecular weight is 131 g/mol. The maximum Gasteiger partial charge on any atom is -0.0357 e. The van der Waals surface area contributed by atoms with Gasteiger partial charge in [0.1, 0.15) is 0 Å². The second kappa shape index (κ2) is 3.89. The van der Waals surface area contributed by atoms with Gasteiger partial charge in [0, 0.05) is 0 Å². The Morgan fingerprint density at radius 1 is 1.22 bits per heavy atom. The van der Waals surface area contributed by atoms with Gasteiger partial charge in [0.25, 0.3) is 0 Å². The summed E-state index contributed by atoms with van der Waals surface area (Å²) in [6.07, 6.45) is 1.30. The minimum absolute atomic E-state index is 0. The summed E-state index contributed by atoms with van der Waals surface area (Å²) < 4.78 is 0. The number of hydrogen-bond acceptors (Lipinski definition) is 1. The normalized spacial score (nSPS) is 14.3. The lowest BCUT2D eigenvalue weighted by molar-refractivity contribution is 0.254. The molecule has 0 aliphatic rings. The van der Waals surface area contributed by atoms with Crippen molar-refractivity contribution in [2.45, 2.75) is 41.0 Å². The molecule has 0 saturated heterocycles. The van der Waals surface area contributed by atoms with E-state index < -0.39 is 0 Å². The van der Waals surface area contributed by atoms with Crippen LogP contribution in [0.2, 0.25) is 0 Å². The standard InChI is InChI=1S/C8H18.H3N/c1-6-7(2)8(3,4)5;/h7H,6H2,1-5H3;1H3. The lowest BCUT2D eigenvalue weighted by Crippen LogP contribution is -2.15. The maximum absolute atomic E-state index is 2.31. The molecule has 1 nitrogen and oxygen atoms in total. The largest absolute Gasteiger partial charge is 0.344 e. The zero-order chi connectivity index (χ0) is 6.78. The highest BCUT2D eigenvalue weighted by Crippen LogP contribution is 2.27. The topological polar surface area (TPSA) is 35.0 Å². The van der Waals surface area contributed by atoms with E-state index in [9.17, 15) is 0 Å². The SMILES string of the molecule is CCC(C)C(C)(C)C.N. The maximum atomic E-state index is 2.31. The van der Waals surface area contributed by atoms with Gasteiger partial charge in [0.2, 0.25) is 0 Å². The second-order valence-corrected chi connectivity index (χ2v) is 3.68. The summed E-state index contributed by atoms with van der Waals surface area (Å²) in [4.78, 5) is 0. The van der Waals surface area contributed by atoms with E-state index in [2.05, 4.69) is 34.6 Å². The molecule has 1 unspecified atom stereocenters. The first kappa shape index (κ1) is 11.7. The highest BCUT2D eigenvalue weighted by molar-refractivity contribution is 4.67. The van der Waals surface area contributed by atoms with Crippen molar-refractivity contribution in [2.75, 3.05) is 0 Å². The van der Waals surface area contributed by atoms with Crippen molar-refractivity contribution < 1.29 is 0 Å². The Kier molecular flexibility index (Phi) is 5.06. The molecule has 1 heteroatoms. The molecule has 0 aliphatic heterocycles. The predicted octanol–water partition coefficient (Wildman–Crippen LogP) is 3.24. The van der Waals surface area contributed by atoms with Gasteiger partial charge in [-0.05, 0) is 11.3 Å². The van der Waals surface area contributed by atoms with Gasteiger partial charge in [-0.3, -0.25) is 0 Å². The van der Waals surface area contributed by atoms with Crippen LogP contribution < -0.4 is 6.15 Å². The molecule has 0 radical (unpaired) electrons. The Morgan fingerprint density at radius 3 is 1.56 bits per heavy atom. The van der Waals surface area contributed by atoms with Crippen molar-refractivity contribution in [1.29, 1.82) is 0 Å². The van der Waals surface area contributed by atoms with E-state index in [1.54, 1.807) is 0 Å². The minimum Gasteiger partial charge on any atom is -0.344 e. The van der Waals surface area contributed by atoms with Gasteiger partial charge in [-0.1, -0.05) is 41.0 Å². The zero-order valence-corrected chi connectivity index (χ0v) is 7.49. The van der Waals surface area contributed by atoms with E-state index in [0.29, 0.717) is 5.41 Å². The molecule has 0 bridgehead atoms. The van der Waals surface area contributed by atoms with Gasteiger partial charge < -0.3 is 6.15 Å². The van der Waals surface area contributed by atoms with Gasteiger partial charge in [0.15, 0.2) is 0 Å². The predicted molar refractivity (Wildman–Crippen MR) is 43.9 cm³/mol. The lowest BCUT2D eigenvalue weighted by Gasteiger charge is -2.25. The molecule has 58 valence electrons. The highest BCUT2D eigenvalue weighted by atomic mass is 14.2. The van der Waals surface area contributed by atoms with Crippen LogP contribution in [0.1, 0.15) is 41.0 Å². The third-order valence-electron chi connectivity index (χ3n) is 2.09. The fourth-order valence-electron chi connectivity index (χ4n) is 0.612. The molecular formula is C8H21N. The monoisotopic (exact) mass is 131 g/mol. The summed E-state index contributed by atoms with van der Waals surface area (Å²) in [6, 6.07) is 0. The quantitative estimate of drug-likeness (QED) is 0.582. The van der Waals surface area contributed by atoms with Crippen LogP contribution in [-0.4, -0.2) is 0 Å². The summed E-state index contributed by atoms with van der Waals surface area (Å²) >= 11 is 0. The van der Waals surface area contributed by atoms with Crippen LogP contribution in [-0.2, 0) is 0 Å². The van der Waals surface area contributed by atoms with Crippen molar-refractivity contribution in [2.24, 2.45) is 11.3 Å². The molecule has 0 aromatic rings. The third kappa shape index (κ3) is 4.46. The Labute approximate surface area is 59.4 Å². The molecule has 0 aromatic carbocycles. The van der Waals surface area contributed by atoms with Gasteiger partial charge in [-0.2, -0.15) is 0 Å². The first-order valence-electron chi connectivity index (χ1n) is 3.48. The van der Waals surface area contributed by atoms with Gasteiger partial charge in [-0.15, -0.1) is 0 Å². The fraction of sp³-hybridized carbons (Fsp3) is 1.00. The molecule has 0 spiro atoms. The average Bonchev–Trinajstić information content (AvgIpc) is 1.62. The fourth-order valence-corrected chi connectivity index (χ4v) is 0.612. The van der Waals surface area contributed by atoms with E-state index in [4.69, 9.17) is 0 Å². The van der Waals surface area contributed by atoms with Crippen molar-refractivity contribution in [3.63, 3.8) is 0 Å². The van der Waals surface area contributed by atoms with E-state index >= 15 is 0 Å². The van der Waals surface area contributed by atoms with Gasteiger partial charge >= 0.3 is 0 Å². The lowest BCUT2D eigenvalue weighted by atomic mass is 9.81. The minimum atomic E-state index is 0. The van der Waals surface area contributed by atoms with E-state index in [1.807, 2.05) is 0 Å². The summed E-state index contributed by atoms with van der Waals surface area (Å²) in [5.74, 6) is 0.850. The molecule has 0 amide bonds. The molecule has 0 aromatic heterocycles. The molecule has 0 aliphatic carbocycles. The van der Waals surface area contributed by atoms with Crippen LogP contribution in [0.25, 0.3) is 0 Å². The van der Waals surface area contributed by atoms with Crippen LogP contribution in [0.15, 0.2) is 0 Å². The number of hydrogen-bond donors (Lipinski definition) is 1. The summed E-state index contributed by atoms with van der Waals surface area (Å²) in [5, 5.41) is 0. The molecule has 0 rings (SSSR count). The molecular weight excluding hydrogens is 110 g/mol. The second-order valence-electron chi connectivity index (χ2n) is 3.68. The van der Waals surface area contributed by atoms with E-state index in [-0.39, 0.29) is 6.15 Å². The van der Waals surface area contributed by atoms with Crippen LogP contribution in [0, 0.1) is 11.3 Å². The molecule has 3 N–H and O–H groups in total. The first-order valence-corrected chi connectivity index (χ1v) is 3.48. The molecule has 0 heterocycles. The molecule has 9 heavy (non-hydrogen) atoms. The smallest absolute Gasteiger partial charge is 0.0357 e. The van der Waals surface area contributed by atoms with Crippen molar-refractivity contribution in [3.8, 4) is 0 Å². The molecule has 0 saturated carbocycles. The summed E-state index contributed by atoms with van der Waals surface area (Å²) in [7, 11) is 0. The Morgan fingerprint density at radius 2 is 1.56 bits per heavy atom. The Balaban J connectivity index is 0. The van der Waals surface area contributed by atoms with Crippen LogP contribution >= 0.6 is 0 Å². The van der Waals surface area contributed by atoms with Crippen molar-refractivity contribution in [3.05, 3.63) is 0 Å². The van der Waals surface area contributed by atoms with E-state index in [1.165, 1.54) is 6.42 Å². The third-order valence-corrected chi connectivity index (χ3v) is 2.09. The molecule has 1 atom stereocenters. The molecule has 0 fully saturated rings. The Hall–Kier alpha value is -0.0400. The Bertz CT molecular complexity index is 61.5. The van der Waals surface area contributed by atoms with Crippen LogP contribution in [0.5, 0.6) is 0 Å². The highest BCUT2D eigenvalue weighted by Gasteiger charge is 2.16. The van der Waals surface area contributed by atoms with Crippen LogP contribution in [0.4, 0.5) is 0 Å². The first-order chi connectivity index (χ1) is 3.48. The van der Waals surface area contributed by atoms with Crippen LogP contribution in [0.3, 0.4) is 0 Å². The zero-order valence-electron chi connectivity index (χ0n) is 7.49. The summed E-state index contributed by atoms with van der Waals surface area (Å²) in [6.45, 7) is 11.4. The van der Waals surface area contributed by atoms with E-state index in [0.717, 1.165) is 5.92 Å². The number of rotatable bonds is 1. The van der Waals surface area contributed by atoms with Gasteiger partial charge in [-0.25, -0.2) is 0 Å². The summed E-state index contributed by atoms with van der Waals surface area (Å²) in [5.41, 5.74) is 0.509.